The maximum atomic E-state index is 12.0. The normalized spacial score (nSPS) is 10.0. The Morgan fingerprint density at radius 1 is 1.00 bits per heavy atom. The first-order valence-electron chi connectivity index (χ1n) is 7.45. The topological polar surface area (TPSA) is 64.6 Å². The van der Waals surface area contributed by atoms with Gasteiger partial charge in [-0.1, -0.05) is 30.3 Å². The van der Waals surface area contributed by atoms with Crippen molar-refractivity contribution in [3.8, 4) is 5.75 Å². The van der Waals surface area contributed by atoms with Crippen LogP contribution in [0.5, 0.6) is 5.75 Å². The van der Waals surface area contributed by atoms with Gasteiger partial charge in [-0.05, 0) is 29.8 Å². The Labute approximate surface area is 139 Å². The highest BCUT2D eigenvalue weighted by Gasteiger charge is 2.09. The van der Waals surface area contributed by atoms with Crippen LogP contribution in [0.3, 0.4) is 0 Å². The fourth-order valence-corrected chi connectivity index (χ4v) is 1.92. The lowest BCUT2D eigenvalue weighted by molar-refractivity contribution is 0.0974. The van der Waals surface area contributed by atoms with Gasteiger partial charge in [0.2, 0.25) is 0 Å². The van der Waals surface area contributed by atoms with Crippen molar-refractivity contribution in [1.82, 2.24) is 5.32 Å². The second-order valence-electron chi connectivity index (χ2n) is 4.90. The number of alkyl carbamates (subject to hydrolysis) is 1. The number of hydrogen-bond donors (Lipinski definition) is 1. The van der Waals surface area contributed by atoms with E-state index in [2.05, 4.69) is 5.32 Å². The highest BCUT2D eigenvalue weighted by molar-refractivity contribution is 5.98. The molecule has 2 aromatic rings. The molecule has 0 saturated heterocycles. The zero-order chi connectivity index (χ0) is 17.2. The molecule has 0 atom stereocenters. The van der Waals surface area contributed by atoms with Gasteiger partial charge in [0.25, 0.3) is 0 Å². The monoisotopic (exact) mass is 331 g/mol. The van der Waals surface area contributed by atoms with Crippen LogP contribution in [-0.4, -0.2) is 31.7 Å². The van der Waals surface area contributed by atoms with E-state index in [0.717, 1.165) is 5.56 Å². The van der Waals surface area contributed by atoms with E-state index >= 15 is 0 Å². The number of carbonyl (C=O) groups excluding carboxylic acids is 2. The number of ether oxygens (including phenoxy) is 2. The number of halogens is 1. The molecule has 0 fully saturated rings. The molecule has 0 saturated carbocycles. The smallest absolute Gasteiger partial charge is 0.407 e. The lowest BCUT2D eigenvalue weighted by Crippen LogP contribution is -2.30. The summed E-state index contributed by atoms with van der Waals surface area (Å²) in [5.74, 6) is 0.225. The van der Waals surface area contributed by atoms with Crippen LogP contribution in [0, 0.1) is 0 Å². The Bertz CT molecular complexity index is 658. The number of amides is 1. The summed E-state index contributed by atoms with van der Waals surface area (Å²) in [6, 6.07) is 15.5. The molecule has 6 heteroatoms. The van der Waals surface area contributed by atoms with E-state index in [-0.39, 0.29) is 25.5 Å². The summed E-state index contributed by atoms with van der Waals surface area (Å²) in [6.07, 6.45) is -0.657. The number of alkyl halides is 1. The van der Waals surface area contributed by atoms with Crippen LogP contribution in [-0.2, 0) is 11.3 Å². The summed E-state index contributed by atoms with van der Waals surface area (Å²) in [6.45, 7) is -0.627. The fraction of sp³-hybridized carbons (Fsp3) is 0.222. The molecule has 126 valence electrons. The van der Waals surface area contributed by atoms with Crippen molar-refractivity contribution in [2.24, 2.45) is 0 Å². The lowest BCUT2D eigenvalue weighted by Gasteiger charge is -2.07. The van der Waals surface area contributed by atoms with Crippen molar-refractivity contribution in [2.45, 2.75) is 6.61 Å². The van der Waals surface area contributed by atoms with Gasteiger partial charge in [-0.2, -0.15) is 0 Å². The quantitative estimate of drug-likeness (QED) is 0.755. The minimum absolute atomic E-state index is 0.0257. The first-order valence-corrected chi connectivity index (χ1v) is 7.45. The van der Waals surface area contributed by atoms with Crippen molar-refractivity contribution in [1.29, 1.82) is 0 Å². The number of rotatable bonds is 8. The molecule has 2 aromatic carbocycles. The van der Waals surface area contributed by atoms with Crippen molar-refractivity contribution in [3.05, 3.63) is 65.7 Å². The predicted molar refractivity (Wildman–Crippen MR) is 86.9 cm³/mol. The van der Waals surface area contributed by atoms with Gasteiger partial charge in [-0.3, -0.25) is 4.79 Å². The van der Waals surface area contributed by atoms with Gasteiger partial charge in [0.1, 0.15) is 25.6 Å². The third kappa shape index (κ3) is 5.72. The molecule has 0 bridgehead atoms. The van der Waals surface area contributed by atoms with Crippen LogP contribution in [0.15, 0.2) is 54.6 Å². The molecule has 0 aliphatic heterocycles. The molecule has 2 rings (SSSR count). The molecule has 0 unspecified atom stereocenters. The van der Waals surface area contributed by atoms with E-state index in [1.807, 2.05) is 30.3 Å². The van der Waals surface area contributed by atoms with E-state index in [1.165, 1.54) is 0 Å². The maximum absolute atomic E-state index is 12.0. The molecule has 0 spiro atoms. The van der Waals surface area contributed by atoms with Crippen LogP contribution < -0.4 is 10.1 Å². The second-order valence-corrected chi connectivity index (χ2v) is 4.90. The van der Waals surface area contributed by atoms with E-state index in [1.54, 1.807) is 24.3 Å². The summed E-state index contributed by atoms with van der Waals surface area (Å²) in [7, 11) is 0. The van der Waals surface area contributed by atoms with Crippen molar-refractivity contribution >= 4 is 11.9 Å². The van der Waals surface area contributed by atoms with Crippen molar-refractivity contribution in [3.63, 3.8) is 0 Å². The zero-order valence-electron chi connectivity index (χ0n) is 13.0. The first-order chi connectivity index (χ1) is 11.7. The number of ketones is 1. The molecule has 5 nitrogen and oxygen atoms in total. The minimum Gasteiger partial charge on any atom is -0.491 e. The Morgan fingerprint density at radius 2 is 1.71 bits per heavy atom. The standard InChI is InChI=1S/C18H18FNO4/c19-10-11-23-16-8-6-15(7-9-16)17(21)12-20-18(22)24-13-14-4-2-1-3-5-14/h1-9H,10-13H2,(H,20,22). The average Bonchev–Trinajstić information content (AvgIpc) is 2.64. The number of carbonyl (C=O) groups is 2. The number of benzene rings is 2. The fourth-order valence-electron chi connectivity index (χ4n) is 1.92. The van der Waals surface area contributed by atoms with Crippen molar-refractivity contribution in [2.75, 3.05) is 19.8 Å². The van der Waals surface area contributed by atoms with Crippen LogP contribution in [0.1, 0.15) is 15.9 Å². The Morgan fingerprint density at radius 3 is 2.38 bits per heavy atom. The molecule has 0 radical (unpaired) electrons. The van der Waals surface area contributed by atoms with Crippen LogP contribution in [0.25, 0.3) is 0 Å². The highest BCUT2D eigenvalue weighted by Crippen LogP contribution is 2.12. The van der Waals surface area contributed by atoms with Crippen molar-refractivity contribution < 1.29 is 23.5 Å². The molecule has 24 heavy (non-hydrogen) atoms. The highest BCUT2D eigenvalue weighted by atomic mass is 19.1. The molecule has 1 N–H and O–H groups in total. The molecular formula is C18H18FNO4. The summed E-state index contributed by atoms with van der Waals surface area (Å²) in [5.41, 5.74) is 1.29. The maximum Gasteiger partial charge on any atom is 0.407 e. The molecule has 0 heterocycles. The van der Waals surface area contributed by atoms with E-state index < -0.39 is 12.8 Å². The largest absolute Gasteiger partial charge is 0.491 e. The Balaban J connectivity index is 1.74. The summed E-state index contributed by atoms with van der Waals surface area (Å²) >= 11 is 0. The molecular weight excluding hydrogens is 313 g/mol. The summed E-state index contributed by atoms with van der Waals surface area (Å²) in [5, 5.41) is 2.41. The Hall–Kier alpha value is -2.89. The lowest BCUT2D eigenvalue weighted by atomic mass is 10.1. The van der Waals surface area contributed by atoms with Gasteiger partial charge in [0.05, 0.1) is 6.54 Å². The van der Waals surface area contributed by atoms with Crippen LogP contribution in [0.2, 0.25) is 0 Å². The van der Waals surface area contributed by atoms with E-state index in [4.69, 9.17) is 9.47 Å². The van der Waals surface area contributed by atoms with Crippen LogP contribution in [0.4, 0.5) is 9.18 Å². The molecule has 0 aromatic heterocycles. The number of Topliss-reactive ketones (excluding diaryl/α,β-unsaturated/α-hetero) is 1. The summed E-state index contributed by atoms with van der Waals surface area (Å²) < 4.78 is 22.1. The zero-order valence-corrected chi connectivity index (χ0v) is 13.0. The van der Waals surface area contributed by atoms with Gasteiger partial charge < -0.3 is 14.8 Å². The number of hydrogen-bond acceptors (Lipinski definition) is 4. The minimum atomic E-state index is -0.657. The van der Waals surface area contributed by atoms with E-state index in [0.29, 0.717) is 11.3 Å². The third-order valence-electron chi connectivity index (χ3n) is 3.13. The molecule has 0 aliphatic carbocycles. The van der Waals surface area contributed by atoms with E-state index in [9.17, 15) is 14.0 Å². The second kappa shape index (κ2) is 9.29. The van der Waals surface area contributed by atoms with Gasteiger partial charge in [-0.15, -0.1) is 0 Å². The number of nitrogens with one attached hydrogen (secondary N) is 1. The predicted octanol–water partition coefficient (Wildman–Crippen LogP) is 3.14. The molecule has 1 amide bonds. The average molecular weight is 331 g/mol. The van der Waals surface area contributed by atoms with Gasteiger partial charge >= 0.3 is 6.09 Å². The van der Waals surface area contributed by atoms with Gasteiger partial charge in [0.15, 0.2) is 5.78 Å². The van der Waals surface area contributed by atoms with Gasteiger partial charge in [-0.25, -0.2) is 9.18 Å². The third-order valence-corrected chi connectivity index (χ3v) is 3.13. The summed E-state index contributed by atoms with van der Waals surface area (Å²) in [4.78, 5) is 23.6. The Kier molecular flexibility index (Phi) is 6.76. The SMILES string of the molecule is O=C(NCC(=O)c1ccc(OCCF)cc1)OCc1ccccc1. The molecule has 0 aliphatic rings. The van der Waals surface area contributed by atoms with Gasteiger partial charge in [0, 0.05) is 5.56 Å². The first kappa shape index (κ1) is 17.5. The van der Waals surface area contributed by atoms with Crippen LogP contribution >= 0.6 is 0 Å².